The van der Waals surface area contributed by atoms with Crippen LogP contribution in [0.2, 0.25) is 0 Å². The number of benzene rings is 5. The molecule has 0 aromatic heterocycles. The van der Waals surface area contributed by atoms with Crippen molar-refractivity contribution in [2.75, 3.05) is 25.1 Å². The van der Waals surface area contributed by atoms with Crippen LogP contribution in [0.3, 0.4) is 0 Å². The fraction of sp³-hybridized carbons (Fsp3) is 0.364. The fourth-order valence-corrected chi connectivity index (χ4v) is 8.00. The van der Waals surface area contributed by atoms with E-state index in [1.807, 2.05) is 0 Å². The summed E-state index contributed by atoms with van der Waals surface area (Å²) in [5.74, 6) is -1.19. The molecule has 0 saturated carbocycles. The highest BCUT2D eigenvalue weighted by atomic mass is 32.2. The first-order valence-corrected chi connectivity index (χ1v) is 23.4. The minimum atomic E-state index is -5.09. The van der Waals surface area contributed by atoms with Crippen LogP contribution in [-0.4, -0.2) is 67.7 Å². The monoisotopic (exact) mass is 892 g/mol. The number of carbonyl (C=O) groups is 2. The van der Waals surface area contributed by atoms with Crippen LogP contribution in [0.15, 0.2) is 92.8 Å². The van der Waals surface area contributed by atoms with Crippen LogP contribution in [0.25, 0.3) is 21.5 Å². The zero-order valence-electron chi connectivity index (χ0n) is 34.6. The number of anilines is 1. The van der Waals surface area contributed by atoms with Crippen molar-refractivity contribution in [1.29, 1.82) is 0 Å². The maximum atomic E-state index is 13.2. The summed E-state index contributed by atoms with van der Waals surface area (Å²) in [7, 11) is -9.94. The van der Waals surface area contributed by atoms with Crippen molar-refractivity contribution >= 4 is 70.7 Å². The smallest absolute Gasteiger partial charge is 0.296 e. The van der Waals surface area contributed by atoms with E-state index >= 15 is 0 Å². The number of hydrogen-bond acceptors (Lipinski definition) is 12. The second-order valence-corrected chi connectivity index (χ2v) is 17.4. The highest BCUT2D eigenvalue weighted by Crippen LogP contribution is 2.45. The molecule has 0 bridgehead atoms. The number of rotatable bonds is 23. The van der Waals surface area contributed by atoms with Crippen LogP contribution < -0.4 is 20.1 Å². The Morgan fingerprint density at radius 2 is 1.32 bits per heavy atom. The van der Waals surface area contributed by atoms with Crippen LogP contribution in [-0.2, 0) is 25.0 Å². The van der Waals surface area contributed by atoms with E-state index in [0.717, 1.165) is 37.5 Å². The van der Waals surface area contributed by atoms with Crippen molar-refractivity contribution < 1.29 is 55.2 Å². The van der Waals surface area contributed by atoms with Crippen molar-refractivity contribution in [3.8, 4) is 23.0 Å². The second kappa shape index (κ2) is 21.8. The Morgan fingerprint density at radius 3 is 1.95 bits per heavy atom. The van der Waals surface area contributed by atoms with Gasteiger partial charge in [-0.1, -0.05) is 95.9 Å². The number of amides is 2. The van der Waals surface area contributed by atoms with Gasteiger partial charge in [0, 0.05) is 29.1 Å². The Kier molecular flexibility index (Phi) is 16.6. The third-order valence-electron chi connectivity index (χ3n) is 10.0. The van der Waals surface area contributed by atoms with Crippen molar-refractivity contribution in [1.82, 2.24) is 5.32 Å². The van der Waals surface area contributed by atoms with E-state index in [9.17, 15) is 45.7 Å². The number of unbranched alkanes of at least 4 members (excludes halogenated alkanes) is 9. The summed E-state index contributed by atoms with van der Waals surface area (Å²) < 4.78 is 80.2. The van der Waals surface area contributed by atoms with E-state index in [-0.39, 0.29) is 53.1 Å². The molecular weight excluding hydrogens is 841 g/mol. The molecule has 0 saturated heterocycles. The molecule has 16 nitrogen and oxygen atoms in total. The molecule has 0 radical (unpaired) electrons. The first-order chi connectivity index (χ1) is 29.6. The van der Waals surface area contributed by atoms with Gasteiger partial charge in [0.1, 0.15) is 41.0 Å². The van der Waals surface area contributed by atoms with Crippen molar-refractivity contribution in [3.63, 3.8) is 0 Å². The predicted octanol–water partition coefficient (Wildman–Crippen LogP) is 9.77. The number of hydrogen-bond donors (Lipinski definition) is 6. The molecule has 6 N–H and O–H groups in total. The largest absolute Gasteiger partial charge is 0.506 e. The van der Waals surface area contributed by atoms with Gasteiger partial charge < -0.3 is 30.3 Å². The molecule has 5 rings (SSSR count). The van der Waals surface area contributed by atoms with Crippen molar-refractivity contribution in [2.45, 2.75) is 94.3 Å². The zero-order chi connectivity index (χ0) is 44.9. The summed E-state index contributed by atoms with van der Waals surface area (Å²) in [6.07, 6.45) is 11.8. The molecule has 0 aliphatic rings. The lowest BCUT2D eigenvalue weighted by molar-refractivity contribution is -0.115. The highest BCUT2D eigenvalue weighted by molar-refractivity contribution is 7.86. The van der Waals surface area contributed by atoms with Crippen LogP contribution in [0.1, 0.15) is 94.8 Å². The standard InChI is InChI=1S/C44H52N4O12S2/c1-3-5-6-7-8-9-10-11-12-15-22-45-44(52)35-28-37(33-16-13-14-17-34(33)42(35)50)60-24-23-59-31-20-18-30(19-21-31)47-48-41-38(62(56,57)58)26-29-25-32(61(53,54)55)27-36(40(29)43(41)51)46-39(49)4-2/h13-14,16-21,25-28,50-51H,3-12,15,22-24H2,1-2H3,(H,45,52)(H,46,49)(H,53,54,55)(H,56,57,58). The molecule has 0 aliphatic heterocycles. The summed E-state index contributed by atoms with van der Waals surface area (Å²) in [5, 5.41) is 36.0. The normalized spacial score (nSPS) is 11.9. The van der Waals surface area contributed by atoms with E-state index in [1.165, 1.54) is 70.1 Å². The first-order valence-electron chi connectivity index (χ1n) is 20.5. The number of ether oxygens (including phenoxy) is 2. The molecule has 62 heavy (non-hydrogen) atoms. The lowest BCUT2D eigenvalue weighted by Crippen LogP contribution is -2.24. The van der Waals surface area contributed by atoms with Crippen molar-refractivity contribution in [2.24, 2.45) is 10.2 Å². The van der Waals surface area contributed by atoms with Gasteiger partial charge in [0.25, 0.3) is 26.1 Å². The van der Waals surface area contributed by atoms with E-state index in [1.54, 1.807) is 36.4 Å². The average Bonchev–Trinajstić information content (AvgIpc) is 3.24. The Balaban J connectivity index is 1.22. The number of aromatic hydroxyl groups is 2. The molecular formula is C44H52N4O12S2. The van der Waals surface area contributed by atoms with Crippen LogP contribution in [0.5, 0.6) is 23.0 Å². The topological polar surface area (TPSA) is 251 Å². The molecule has 0 spiro atoms. The number of phenolic OH excluding ortho intramolecular Hbond substituents is 2. The minimum Gasteiger partial charge on any atom is -0.506 e. The Bertz CT molecular complexity index is 2640. The number of nitrogens with one attached hydrogen (secondary N) is 2. The Labute approximate surface area is 360 Å². The number of fused-ring (bicyclic) bond motifs is 2. The fourth-order valence-electron chi connectivity index (χ4n) is 6.80. The third-order valence-corrected chi connectivity index (χ3v) is 11.7. The molecule has 5 aromatic rings. The van der Waals surface area contributed by atoms with Gasteiger partial charge in [-0.3, -0.25) is 18.7 Å². The van der Waals surface area contributed by atoms with Gasteiger partial charge in [-0.05, 0) is 60.3 Å². The van der Waals surface area contributed by atoms with Gasteiger partial charge in [-0.25, -0.2) is 0 Å². The van der Waals surface area contributed by atoms with E-state index in [4.69, 9.17) is 9.47 Å². The SMILES string of the molecule is CCCCCCCCCCCCNC(=O)c1cc(OCCOc2ccc(N=Nc3c(S(=O)(=O)O)cc4cc(S(=O)(=O)O)cc(NC(=O)CC)c4c3O)cc2)c2ccccc2c1O. The summed E-state index contributed by atoms with van der Waals surface area (Å²) >= 11 is 0. The van der Waals surface area contributed by atoms with Crippen molar-refractivity contribution in [3.05, 3.63) is 78.4 Å². The first kappa shape index (κ1) is 47.2. The number of azo groups is 1. The number of phenols is 2. The maximum absolute atomic E-state index is 13.2. The van der Waals surface area contributed by atoms with E-state index in [2.05, 4.69) is 27.8 Å². The van der Waals surface area contributed by atoms with Gasteiger partial charge in [-0.15, -0.1) is 5.11 Å². The molecule has 0 fully saturated rings. The molecule has 0 atom stereocenters. The van der Waals surface area contributed by atoms with E-state index in [0.29, 0.717) is 28.8 Å². The van der Waals surface area contributed by atoms with Gasteiger partial charge >= 0.3 is 0 Å². The molecule has 0 heterocycles. The maximum Gasteiger partial charge on any atom is 0.296 e. The quantitative estimate of drug-likeness (QED) is 0.0204. The molecule has 0 unspecified atom stereocenters. The minimum absolute atomic E-state index is 0.0448. The third kappa shape index (κ3) is 12.6. The zero-order valence-corrected chi connectivity index (χ0v) is 36.2. The van der Waals surface area contributed by atoms with E-state index < -0.39 is 53.3 Å². The highest BCUT2D eigenvalue weighted by Gasteiger charge is 2.26. The second-order valence-electron chi connectivity index (χ2n) is 14.6. The molecule has 5 aromatic carbocycles. The van der Waals surface area contributed by atoms with Gasteiger partial charge in [0.15, 0.2) is 5.75 Å². The summed E-state index contributed by atoms with van der Waals surface area (Å²) in [5.41, 5.74) is -0.708. The lowest BCUT2D eigenvalue weighted by Gasteiger charge is -2.15. The molecule has 2 amide bonds. The summed E-state index contributed by atoms with van der Waals surface area (Å²) in [6, 6.07) is 17.2. The number of carbonyl (C=O) groups excluding carboxylic acids is 2. The van der Waals surface area contributed by atoms with Gasteiger partial charge in [-0.2, -0.15) is 21.9 Å². The molecule has 0 aliphatic carbocycles. The summed E-state index contributed by atoms with van der Waals surface area (Å²) in [4.78, 5) is 23.8. The van der Waals surface area contributed by atoms with Gasteiger partial charge in [0.05, 0.1) is 21.8 Å². The van der Waals surface area contributed by atoms with Crippen LogP contribution >= 0.6 is 0 Å². The van der Waals surface area contributed by atoms with Gasteiger partial charge in [0.2, 0.25) is 5.91 Å². The molecule has 18 heteroatoms. The average molecular weight is 893 g/mol. The van der Waals surface area contributed by atoms with Crippen LogP contribution in [0, 0.1) is 0 Å². The lowest BCUT2D eigenvalue weighted by atomic mass is 10.0. The Hall–Kier alpha value is -5.82. The van der Waals surface area contributed by atoms with Crippen LogP contribution in [0.4, 0.5) is 17.1 Å². The number of nitrogens with zero attached hydrogens (tertiary/aromatic N) is 2. The Morgan fingerprint density at radius 1 is 0.694 bits per heavy atom. The summed E-state index contributed by atoms with van der Waals surface area (Å²) in [6.45, 7) is 4.37. The predicted molar refractivity (Wildman–Crippen MR) is 236 cm³/mol. The molecule has 332 valence electrons.